The minimum atomic E-state index is -4.70. The summed E-state index contributed by atoms with van der Waals surface area (Å²) >= 11 is 0. The smallest absolute Gasteiger partial charge is 0.417 e. The Kier molecular flexibility index (Phi) is 5.33. The molecule has 3 aromatic carbocycles. The molecule has 31 heavy (non-hydrogen) atoms. The van der Waals surface area contributed by atoms with Gasteiger partial charge in [0.05, 0.1) is 5.56 Å². The largest absolute Gasteiger partial charge is 0.485 e. The first-order valence-corrected chi connectivity index (χ1v) is 9.28. The average Bonchev–Trinajstić information content (AvgIpc) is 2.76. The summed E-state index contributed by atoms with van der Waals surface area (Å²) in [7, 11) is 0. The Morgan fingerprint density at radius 3 is 2.23 bits per heavy atom. The van der Waals surface area contributed by atoms with Crippen LogP contribution in [-0.2, 0) is 6.18 Å². The third kappa shape index (κ3) is 4.50. The second-order valence-corrected chi connectivity index (χ2v) is 6.79. The number of rotatable bonds is 5. The third-order valence-corrected chi connectivity index (χ3v) is 4.71. The summed E-state index contributed by atoms with van der Waals surface area (Å²) in [6.45, 7) is -0.320. The van der Waals surface area contributed by atoms with Crippen LogP contribution in [-0.4, -0.2) is 12.4 Å². The average molecular weight is 424 g/mol. The molecule has 7 heteroatoms. The SMILES string of the molecule is O=C(COc1ccc2c(C(F)(F)F)cc(=O)oc2c1)c1ccc(-c2ccccc2)cc1. The summed E-state index contributed by atoms with van der Waals surface area (Å²) in [6.07, 6.45) is -4.70. The van der Waals surface area contributed by atoms with Gasteiger partial charge >= 0.3 is 11.8 Å². The second-order valence-electron chi connectivity index (χ2n) is 6.79. The van der Waals surface area contributed by atoms with Crippen LogP contribution in [0.1, 0.15) is 15.9 Å². The van der Waals surface area contributed by atoms with Crippen molar-refractivity contribution in [1.29, 1.82) is 0 Å². The molecule has 4 aromatic rings. The molecule has 4 rings (SSSR count). The van der Waals surface area contributed by atoms with E-state index in [-0.39, 0.29) is 29.1 Å². The number of ketones is 1. The number of carbonyl (C=O) groups is 1. The molecule has 0 aliphatic rings. The van der Waals surface area contributed by atoms with E-state index in [2.05, 4.69) is 0 Å². The van der Waals surface area contributed by atoms with Gasteiger partial charge in [-0.3, -0.25) is 4.79 Å². The highest BCUT2D eigenvalue weighted by Gasteiger charge is 2.33. The van der Waals surface area contributed by atoms with Crippen LogP contribution in [0, 0.1) is 0 Å². The molecule has 0 radical (unpaired) electrons. The molecule has 1 aromatic heterocycles. The molecule has 0 saturated carbocycles. The molecule has 0 saturated heterocycles. The number of hydrogen-bond acceptors (Lipinski definition) is 4. The van der Waals surface area contributed by atoms with Crippen molar-refractivity contribution < 1.29 is 27.1 Å². The van der Waals surface area contributed by atoms with Crippen molar-refractivity contribution in [3.05, 3.63) is 100 Å². The lowest BCUT2D eigenvalue weighted by molar-refractivity contribution is -0.136. The minimum Gasteiger partial charge on any atom is -0.485 e. The summed E-state index contributed by atoms with van der Waals surface area (Å²) in [6, 6.07) is 20.7. The van der Waals surface area contributed by atoms with E-state index in [0.29, 0.717) is 11.6 Å². The van der Waals surface area contributed by atoms with Gasteiger partial charge in [0.25, 0.3) is 0 Å². The molecule has 0 spiro atoms. The number of alkyl halides is 3. The number of halogens is 3. The Labute approximate surface area is 174 Å². The van der Waals surface area contributed by atoms with E-state index in [4.69, 9.17) is 9.15 Å². The van der Waals surface area contributed by atoms with Crippen molar-refractivity contribution >= 4 is 16.8 Å². The molecular formula is C24H15F3O4. The fourth-order valence-corrected chi connectivity index (χ4v) is 3.18. The Bertz CT molecular complexity index is 1290. The summed E-state index contributed by atoms with van der Waals surface area (Å²) < 4.78 is 49.6. The van der Waals surface area contributed by atoms with E-state index in [1.165, 1.54) is 6.07 Å². The van der Waals surface area contributed by atoms with Gasteiger partial charge in [-0.15, -0.1) is 0 Å². The van der Waals surface area contributed by atoms with Crippen LogP contribution in [0.25, 0.3) is 22.1 Å². The first kappa shape index (κ1) is 20.4. The van der Waals surface area contributed by atoms with Crippen LogP contribution in [0.15, 0.2) is 88.1 Å². The quantitative estimate of drug-likeness (QED) is 0.303. The van der Waals surface area contributed by atoms with E-state index in [0.717, 1.165) is 23.3 Å². The molecule has 0 atom stereocenters. The molecule has 4 nitrogen and oxygen atoms in total. The monoisotopic (exact) mass is 424 g/mol. The highest BCUT2D eigenvalue weighted by atomic mass is 19.4. The summed E-state index contributed by atoms with van der Waals surface area (Å²) in [5.74, 6) is -0.186. The van der Waals surface area contributed by atoms with Gasteiger partial charge in [-0.2, -0.15) is 13.2 Å². The van der Waals surface area contributed by atoms with Crippen molar-refractivity contribution in [3.8, 4) is 16.9 Å². The maximum Gasteiger partial charge on any atom is 0.417 e. The molecule has 1 heterocycles. The van der Waals surface area contributed by atoms with E-state index in [1.807, 2.05) is 42.5 Å². The molecule has 156 valence electrons. The van der Waals surface area contributed by atoms with Crippen LogP contribution in [0.5, 0.6) is 5.75 Å². The molecule has 0 N–H and O–H groups in total. The van der Waals surface area contributed by atoms with Crippen molar-refractivity contribution in [1.82, 2.24) is 0 Å². The van der Waals surface area contributed by atoms with Gasteiger partial charge in [0.1, 0.15) is 11.3 Å². The number of Topliss-reactive ketones (excluding diaryl/α,β-unsaturated/α-hetero) is 1. The van der Waals surface area contributed by atoms with Crippen LogP contribution in [0.2, 0.25) is 0 Å². The van der Waals surface area contributed by atoms with Crippen LogP contribution in [0.4, 0.5) is 13.2 Å². The summed E-state index contributed by atoms with van der Waals surface area (Å²) in [5.41, 5.74) is -0.0495. The summed E-state index contributed by atoms with van der Waals surface area (Å²) in [5, 5.41) is -0.262. The van der Waals surface area contributed by atoms with Gasteiger partial charge in [-0.05, 0) is 23.3 Å². The van der Waals surface area contributed by atoms with Gasteiger partial charge in [-0.1, -0.05) is 54.6 Å². The number of hydrogen-bond donors (Lipinski definition) is 0. The Morgan fingerprint density at radius 2 is 1.55 bits per heavy atom. The topological polar surface area (TPSA) is 56.5 Å². The van der Waals surface area contributed by atoms with Crippen molar-refractivity contribution in [2.45, 2.75) is 6.18 Å². The molecule has 0 aliphatic heterocycles. The van der Waals surface area contributed by atoms with E-state index < -0.39 is 17.4 Å². The number of fused-ring (bicyclic) bond motifs is 1. The fraction of sp³-hybridized carbons (Fsp3) is 0.0833. The third-order valence-electron chi connectivity index (χ3n) is 4.71. The van der Waals surface area contributed by atoms with E-state index in [9.17, 15) is 22.8 Å². The zero-order valence-corrected chi connectivity index (χ0v) is 16.0. The lowest BCUT2D eigenvalue weighted by atomic mass is 10.0. The van der Waals surface area contributed by atoms with Gasteiger partial charge in [-0.25, -0.2) is 4.79 Å². The number of benzene rings is 3. The van der Waals surface area contributed by atoms with Crippen molar-refractivity contribution in [2.24, 2.45) is 0 Å². The minimum absolute atomic E-state index is 0.115. The zero-order chi connectivity index (χ0) is 22.0. The maximum absolute atomic E-state index is 13.1. The molecule has 0 aliphatic carbocycles. The maximum atomic E-state index is 13.1. The van der Waals surface area contributed by atoms with Gasteiger partial charge in [0.2, 0.25) is 0 Å². The molecule has 0 bridgehead atoms. The highest BCUT2D eigenvalue weighted by molar-refractivity contribution is 5.97. The van der Waals surface area contributed by atoms with Crippen LogP contribution < -0.4 is 10.4 Å². The lowest BCUT2D eigenvalue weighted by Gasteiger charge is -2.11. The lowest BCUT2D eigenvalue weighted by Crippen LogP contribution is -2.12. The zero-order valence-electron chi connectivity index (χ0n) is 16.0. The Hall–Kier alpha value is -3.87. The van der Waals surface area contributed by atoms with E-state index >= 15 is 0 Å². The number of ether oxygens (including phenoxy) is 1. The first-order valence-electron chi connectivity index (χ1n) is 9.28. The Balaban J connectivity index is 1.50. The molecule has 0 amide bonds. The van der Waals surface area contributed by atoms with Crippen LogP contribution in [0.3, 0.4) is 0 Å². The second kappa shape index (κ2) is 8.10. The molecule has 0 unspecified atom stereocenters. The van der Waals surface area contributed by atoms with E-state index in [1.54, 1.807) is 12.1 Å². The van der Waals surface area contributed by atoms with Crippen molar-refractivity contribution in [3.63, 3.8) is 0 Å². The molecular weight excluding hydrogens is 409 g/mol. The molecule has 0 fully saturated rings. The van der Waals surface area contributed by atoms with Gasteiger partial charge in [0, 0.05) is 23.1 Å². The fourth-order valence-electron chi connectivity index (χ4n) is 3.18. The summed E-state index contributed by atoms with van der Waals surface area (Å²) in [4.78, 5) is 23.9. The normalized spacial score (nSPS) is 11.5. The predicted molar refractivity (Wildman–Crippen MR) is 109 cm³/mol. The van der Waals surface area contributed by atoms with Gasteiger partial charge in [0.15, 0.2) is 12.4 Å². The first-order chi connectivity index (χ1) is 14.8. The standard InChI is InChI=1S/C24H15F3O4/c25-24(26,27)20-13-23(29)31-22-12-18(10-11-19(20)22)30-14-21(28)17-8-6-16(7-9-17)15-4-2-1-3-5-15/h1-13H,14H2. The predicted octanol–water partition coefficient (Wildman–Crippen LogP) is 5.74. The Morgan fingerprint density at radius 1 is 0.871 bits per heavy atom. The van der Waals surface area contributed by atoms with Crippen molar-refractivity contribution in [2.75, 3.05) is 6.61 Å². The van der Waals surface area contributed by atoms with Gasteiger partial charge < -0.3 is 9.15 Å². The highest BCUT2D eigenvalue weighted by Crippen LogP contribution is 2.34. The number of carbonyl (C=O) groups excluding carboxylic acids is 1. The van der Waals surface area contributed by atoms with Crippen LogP contribution >= 0.6 is 0 Å².